The van der Waals surface area contributed by atoms with E-state index in [-0.39, 0.29) is 12.5 Å². The number of nitrogens with two attached hydrogens (primary N) is 1. The highest BCUT2D eigenvalue weighted by Gasteiger charge is 2.34. The van der Waals surface area contributed by atoms with E-state index in [9.17, 15) is 9.59 Å². The maximum Gasteiger partial charge on any atom is 0.242 e. The summed E-state index contributed by atoms with van der Waals surface area (Å²) in [5.74, 6) is 0.739. The van der Waals surface area contributed by atoms with Gasteiger partial charge in [0.25, 0.3) is 0 Å². The van der Waals surface area contributed by atoms with Crippen LogP contribution in [0.5, 0.6) is 0 Å². The fraction of sp³-hybridized carbons (Fsp3) is 0.375. The summed E-state index contributed by atoms with van der Waals surface area (Å²) >= 11 is 5.86. The summed E-state index contributed by atoms with van der Waals surface area (Å²) in [6.45, 7) is 2.36. The third-order valence-electron chi connectivity index (χ3n) is 4.25. The highest BCUT2D eigenvalue weighted by atomic mass is 35.5. The van der Waals surface area contributed by atoms with Gasteiger partial charge in [0.1, 0.15) is 11.9 Å². The number of carbonyl (C=O) groups is 2. The van der Waals surface area contributed by atoms with Crippen LogP contribution in [0.2, 0.25) is 5.02 Å². The molecular weight excluding hydrogens is 330 g/mol. The maximum atomic E-state index is 12.6. The lowest BCUT2D eigenvalue weighted by molar-refractivity contribution is -0.141. The Morgan fingerprint density at radius 2 is 2.00 bits per heavy atom. The Morgan fingerprint density at radius 3 is 2.67 bits per heavy atom. The van der Waals surface area contributed by atoms with Gasteiger partial charge in [0.15, 0.2) is 5.82 Å². The lowest BCUT2D eigenvalue weighted by Crippen LogP contribution is -2.53. The summed E-state index contributed by atoms with van der Waals surface area (Å²) in [7, 11) is 0. The van der Waals surface area contributed by atoms with Crippen LogP contribution in [0, 0.1) is 6.92 Å². The molecule has 2 heterocycles. The molecule has 7 nitrogen and oxygen atoms in total. The molecule has 1 aliphatic rings. The van der Waals surface area contributed by atoms with Gasteiger partial charge in [-0.15, -0.1) is 10.2 Å². The van der Waals surface area contributed by atoms with E-state index in [1.165, 1.54) is 4.90 Å². The molecule has 8 heteroatoms. The molecule has 24 heavy (non-hydrogen) atoms. The molecular formula is C16H18ClN5O2. The number of aryl methyl sites for hydroxylation is 2. The molecule has 0 fully saturated rings. The Hall–Kier alpha value is -2.41. The summed E-state index contributed by atoms with van der Waals surface area (Å²) in [4.78, 5) is 25.9. The van der Waals surface area contributed by atoms with Gasteiger partial charge in [-0.3, -0.25) is 9.59 Å². The van der Waals surface area contributed by atoms with Crippen LogP contribution in [0.15, 0.2) is 24.3 Å². The SMILES string of the molecule is Cc1nnc2n1CC(C(N)=O)N(C(=O)CCc1ccc(Cl)cc1)C2. The van der Waals surface area contributed by atoms with Crippen molar-refractivity contribution in [1.82, 2.24) is 19.7 Å². The average Bonchev–Trinajstić information content (AvgIpc) is 2.93. The van der Waals surface area contributed by atoms with Crippen molar-refractivity contribution in [3.63, 3.8) is 0 Å². The number of aromatic nitrogens is 3. The molecule has 0 radical (unpaired) electrons. The second kappa shape index (κ2) is 6.60. The number of fused-ring (bicyclic) bond motifs is 1. The van der Waals surface area contributed by atoms with Gasteiger partial charge in [0.2, 0.25) is 11.8 Å². The summed E-state index contributed by atoms with van der Waals surface area (Å²) in [6, 6.07) is 6.68. The highest BCUT2D eigenvalue weighted by molar-refractivity contribution is 6.30. The number of primary amides is 1. The number of hydrogen-bond donors (Lipinski definition) is 1. The van der Waals surface area contributed by atoms with Crippen LogP contribution in [0.1, 0.15) is 23.6 Å². The first-order valence-electron chi connectivity index (χ1n) is 7.67. The summed E-state index contributed by atoms with van der Waals surface area (Å²) in [5, 5.41) is 8.72. The van der Waals surface area contributed by atoms with Crippen molar-refractivity contribution in [2.24, 2.45) is 5.73 Å². The van der Waals surface area contributed by atoms with Gasteiger partial charge < -0.3 is 15.2 Å². The zero-order chi connectivity index (χ0) is 17.3. The minimum atomic E-state index is -0.676. The number of rotatable bonds is 4. The number of amides is 2. The van der Waals surface area contributed by atoms with Gasteiger partial charge in [-0.2, -0.15) is 0 Å². The predicted molar refractivity (Wildman–Crippen MR) is 88.1 cm³/mol. The van der Waals surface area contributed by atoms with Crippen molar-refractivity contribution in [3.05, 3.63) is 46.5 Å². The van der Waals surface area contributed by atoms with Gasteiger partial charge in [0, 0.05) is 11.4 Å². The molecule has 0 saturated heterocycles. The largest absolute Gasteiger partial charge is 0.368 e. The van der Waals surface area contributed by atoms with Gasteiger partial charge in [-0.1, -0.05) is 23.7 Å². The minimum absolute atomic E-state index is 0.124. The standard InChI is InChI=1S/C16H18ClN5O2/c1-10-19-20-14-9-22(13(16(18)24)8-21(10)14)15(23)7-4-11-2-5-12(17)6-3-11/h2-3,5-6,13H,4,7-9H2,1H3,(H2,18,24). The van der Waals surface area contributed by atoms with E-state index >= 15 is 0 Å². The monoisotopic (exact) mass is 347 g/mol. The van der Waals surface area contributed by atoms with Crippen LogP contribution in [-0.4, -0.2) is 37.5 Å². The zero-order valence-electron chi connectivity index (χ0n) is 13.3. The molecule has 0 spiro atoms. The molecule has 1 aromatic heterocycles. The second-order valence-electron chi connectivity index (χ2n) is 5.84. The van der Waals surface area contributed by atoms with E-state index < -0.39 is 11.9 Å². The molecule has 0 saturated carbocycles. The van der Waals surface area contributed by atoms with E-state index in [1.807, 2.05) is 23.6 Å². The van der Waals surface area contributed by atoms with Crippen LogP contribution >= 0.6 is 11.6 Å². The van der Waals surface area contributed by atoms with E-state index in [4.69, 9.17) is 17.3 Å². The molecule has 2 aromatic rings. The van der Waals surface area contributed by atoms with Crippen LogP contribution in [0.3, 0.4) is 0 Å². The summed E-state index contributed by atoms with van der Waals surface area (Å²) in [6.07, 6.45) is 0.863. The molecule has 3 rings (SSSR count). The van der Waals surface area contributed by atoms with E-state index in [1.54, 1.807) is 12.1 Å². The first kappa shape index (κ1) is 16.4. The molecule has 1 unspecified atom stereocenters. The van der Waals surface area contributed by atoms with Crippen molar-refractivity contribution in [2.75, 3.05) is 0 Å². The number of hydrogen-bond acceptors (Lipinski definition) is 4. The lowest BCUT2D eigenvalue weighted by atomic mass is 10.1. The lowest BCUT2D eigenvalue weighted by Gasteiger charge is -2.34. The van der Waals surface area contributed by atoms with Crippen molar-refractivity contribution in [3.8, 4) is 0 Å². The second-order valence-corrected chi connectivity index (χ2v) is 6.28. The van der Waals surface area contributed by atoms with Crippen LogP contribution < -0.4 is 5.73 Å². The smallest absolute Gasteiger partial charge is 0.242 e. The third kappa shape index (κ3) is 3.26. The molecule has 2 N–H and O–H groups in total. The third-order valence-corrected chi connectivity index (χ3v) is 4.50. The molecule has 0 bridgehead atoms. The highest BCUT2D eigenvalue weighted by Crippen LogP contribution is 2.19. The van der Waals surface area contributed by atoms with E-state index in [0.29, 0.717) is 36.1 Å². The minimum Gasteiger partial charge on any atom is -0.368 e. The maximum absolute atomic E-state index is 12.6. The number of nitrogens with zero attached hydrogens (tertiary/aromatic N) is 4. The molecule has 1 aromatic carbocycles. The van der Waals surface area contributed by atoms with Crippen LogP contribution in [-0.2, 0) is 29.1 Å². The Balaban J connectivity index is 1.72. The van der Waals surface area contributed by atoms with Gasteiger partial charge in [-0.25, -0.2) is 0 Å². The molecule has 126 valence electrons. The van der Waals surface area contributed by atoms with Crippen LogP contribution in [0.4, 0.5) is 0 Å². The fourth-order valence-corrected chi connectivity index (χ4v) is 2.99. The first-order chi connectivity index (χ1) is 11.5. The number of halogens is 1. The van der Waals surface area contributed by atoms with Crippen molar-refractivity contribution < 1.29 is 9.59 Å². The van der Waals surface area contributed by atoms with Crippen molar-refractivity contribution in [2.45, 2.75) is 38.9 Å². The van der Waals surface area contributed by atoms with Gasteiger partial charge in [-0.05, 0) is 31.0 Å². The van der Waals surface area contributed by atoms with Crippen molar-refractivity contribution >= 4 is 23.4 Å². The molecule has 1 atom stereocenters. The Labute approximate surface area is 144 Å². The van der Waals surface area contributed by atoms with E-state index in [0.717, 1.165) is 5.56 Å². The average molecular weight is 348 g/mol. The van der Waals surface area contributed by atoms with Crippen LogP contribution in [0.25, 0.3) is 0 Å². The first-order valence-corrected chi connectivity index (χ1v) is 8.05. The fourth-order valence-electron chi connectivity index (χ4n) is 2.86. The van der Waals surface area contributed by atoms with Crippen molar-refractivity contribution in [1.29, 1.82) is 0 Å². The molecule has 0 aliphatic carbocycles. The molecule has 2 amide bonds. The molecule has 1 aliphatic heterocycles. The Kier molecular flexibility index (Phi) is 4.53. The predicted octanol–water partition coefficient (Wildman–Crippen LogP) is 1.07. The normalized spacial score (nSPS) is 16.8. The Morgan fingerprint density at radius 1 is 1.29 bits per heavy atom. The van der Waals surface area contributed by atoms with Gasteiger partial charge in [0.05, 0.1) is 13.1 Å². The van der Waals surface area contributed by atoms with Gasteiger partial charge >= 0.3 is 0 Å². The summed E-state index contributed by atoms with van der Waals surface area (Å²) in [5.41, 5.74) is 6.51. The zero-order valence-corrected chi connectivity index (χ0v) is 14.0. The Bertz CT molecular complexity index is 771. The number of carbonyl (C=O) groups excluding carboxylic acids is 2. The quantitative estimate of drug-likeness (QED) is 0.895. The summed E-state index contributed by atoms with van der Waals surface area (Å²) < 4.78 is 1.83. The van der Waals surface area contributed by atoms with E-state index in [2.05, 4.69) is 10.2 Å². The topological polar surface area (TPSA) is 94.1 Å². The number of benzene rings is 1.